The van der Waals surface area contributed by atoms with Gasteiger partial charge in [-0.2, -0.15) is 0 Å². The van der Waals surface area contributed by atoms with Gasteiger partial charge in [0.2, 0.25) is 23.6 Å². The second kappa shape index (κ2) is 27.5. The van der Waals surface area contributed by atoms with Crippen LogP contribution in [-0.4, -0.2) is 91.0 Å². The number of benzene rings is 1. The van der Waals surface area contributed by atoms with Gasteiger partial charge in [-0.05, 0) is 174 Å². The minimum atomic E-state index is -1.12. The molecule has 0 radical (unpaired) electrons. The fourth-order valence-electron chi connectivity index (χ4n) is 14.1. The van der Waals surface area contributed by atoms with Crippen LogP contribution in [0.1, 0.15) is 169 Å². The Kier molecular flexibility index (Phi) is 21.8. The first-order valence-electron chi connectivity index (χ1n) is 28.5. The van der Waals surface area contributed by atoms with E-state index in [1.165, 1.54) is 50.5 Å². The van der Waals surface area contributed by atoms with Crippen molar-refractivity contribution in [1.82, 2.24) is 26.3 Å². The number of H-pyrrole nitrogens is 1. The molecule has 1 aromatic carbocycles. The second-order valence-corrected chi connectivity index (χ2v) is 23.6. The summed E-state index contributed by atoms with van der Waals surface area (Å²) in [6.07, 6.45) is 21.9. The van der Waals surface area contributed by atoms with Gasteiger partial charge in [0.15, 0.2) is 0 Å². The summed E-state index contributed by atoms with van der Waals surface area (Å²) in [5.41, 5.74) is 26.8. The van der Waals surface area contributed by atoms with Gasteiger partial charge in [0.25, 0.3) is 0 Å². The number of fused-ring (bicyclic) bond motifs is 6. The highest BCUT2D eigenvalue weighted by Gasteiger charge is 2.59. The van der Waals surface area contributed by atoms with Crippen LogP contribution in [-0.2, 0) is 35.1 Å². The molecule has 4 aliphatic carbocycles. The van der Waals surface area contributed by atoms with Gasteiger partial charge in [-0.25, -0.2) is 0 Å². The van der Waals surface area contributed by atoms with Crippen molar-refractivity contribution in [2.45, 2.75) is 200 Å². The van der Waals surface area contributed by atoms with Crippen LogP contribution in [0, 0.1) is 46.3 Å². The molecule has 4 amide bonds. The minimum Gasteiger partial charge on any atom is -0.461 e. The standard InChI is InChI=1S/C58H95N9O6/c1-37(2)15-14-16-38(3)44-24-25-45-43-23-22-40-34-41(26-28-57(40,4)46(43)27-29-58(44,45)5)73-52(68)36-64-49(20-9-12-31-60)54(70)66-50(21-10-13-32-61)55(71)67-51(33-39-35-63-47-18-7-6-17-42(39)47)56(72)65-48(53(62)69)19-8-11-30-59/h6-7,17-18,22,35,37-38,41,43-46,48-51,63-64H,8-16,19-21,23-34,36,59-61H2,1-5H3,(H2,62,69)(H,65,72)(H,66,70)(H,67,71)/t38-,41+,43+,44-,45+,46+,48+,49+,50+,51+,57+,58-/m1/s1. The average molecular weight is 1010 g/mol. The number of carbonyl (C=O) groups excluding carboxylic acids is 5. The lowest BCUT2D eigenvalue weighted by Gasteiger charge is -2.58. The van der Waals surface area contributed by atoms with E-state index < -0.39 is 53.8 Å². The Morgan fingerprint density at radius 1 is 0.712 bits per heavy atom. The monoisotopic (exact) mass is 1010 g/mol. The zero-order chi connectivity index (χ0) is 52.7. The zero-order valence-corrected chi connectivity index (χ0v) is 45.3. The van der Waals surface area contributed by atoms with Gasteiger partial charge < -0.3 is 48.6 Å². The number of unbranched alkanes of at least 4 members (excludes halogenated alkanes) is 3. The summed E-state index contributed by atoms with van der Waals surface area (Å²) in [5, 5.41) is 12.7. The molecule has 4 aliphatic rings. The molecule has 1 aromatic heterocycles. The quantitative estimate of drug-likeness (QED) is 0.0221. The number of nitrogens with one attached hydrogen (secondary N) is 5. The number of rotatable bonds is 30. The summed E-state index contributed by atoms with van der Waals surface area (Å²) in [5.74, 6) is 1.87. The zero-order valence-electron chi connectivity index (χ0n) is 45.3. The van der Waals surface area contributed by atoms with E-state index in [2.05, 4.69) is 66.9 Å². The number of ether oxygens (including phenoxy) is 1. The lowest BCUT2D eigenvalue weighted by Crippen LogP contribution is -2.58. The van der Waals surface area contributed by atoms with Crippen LogP contribution in [0.25, 0.3) is 10.9 Å². The van der Waals surface area contributed by atoms with Crippen molar-refractivity contribution in [1.29, 1.82) is 0 Å². The van der Waals surface area contributed by atoms with E-state index in [1.54, 1.807) is 6.20 Å². The number of nitrogens with two attached hydrogens (primary N) is 4. The molecule has 6 rings (SSSR count). The first-order chi connectivity index (χ1) is 35.0. The van der Waals surface area contributed by atoms with Crippen LogP contribution >= 0.6 is 0 Å². The molecule has 73 heavy (non-hydrogen) atoms. The summed E-state index contributed by atoms with van der Waals surface area (Å²) in [6, 6.07) is 3.72. The SMILES string of the molecule is CC(C)CCC[C@@H](C)[C@H]1CC[C@H]2[C@@H]3CC=C4C[C@@H](OC(=O)CN[C@@H](CCCCN)C(=O)N[C@@H](CCCCN)C(=O)N[C@@H](Cc5c[nH]c6ccccc56)C(=O)N[C@@H](CCCCN)C(N)=O)CC[C@]4(C)[C@H]3CC[C@]12C. The van der Waals surface area contributed by atoms with Crippen molar-refractivity contribution in [3.05, 3.63) is 47.7 Å². The van der Waals surface area contributed by atoms with Crippen molar-refractivity contribution >= 4 is 40.5 Å². The van der Waals surface area contributed by atoms with Crippen LogP contribution in [0.2, 0.25) is 0 Å². The molecule has 0 bridgehead atoms. The van der Waals surface area contributed by atoms with Gasteiger partial charge in [-0.3, -0.25) is 29.3 Å². The van der Waals surface area contributed by atoms with Gasteiger partial charge in [0, 0.05) is 29.9 Å². The van der Waals surface area contributed by atoms with Crippen molar-refractivity contribution in [3.63, 3.8) is 0 Å². The second-order valence-electron chi connectivity index (χ2n) is 23.6. The smallest absolute Gasteiger partial charge is 0.320 e. The molecule has 12 atom stereocenters. The molecular formula is C58H95N9O6. The Morgan fingerprint density at radius 2 is 1.34 bits per heavy atom. The number of carbonyl (C=O) groups is 5. The third-order valence-corrected chi connectivity index (χ3v) is 18.2. The Hall–Kier alpha value is -4.31. The molecule has 0 unspecified atom stereocenters. The number of esters is 1. The molecule has 0 aliphatic heterocycles. The van der Waals surface area contributed by atoms with E-state index in [-0.39, 0.29) is 30.9 Å². The van der Waals surface area contributed by atoms with Gasteiger partial charge in [0.05, 0.1) is 12.6 Å². The van der Waals surface area contributed by atoms with Crippen LogP contribution in [0.4, 0.5) is 0 Å². The fourth-order valence-corrected chi connectivity index (χ4v) is 14.1. The predicted octanol–water partition coefficient (Wildman–Crippen LogP) is 6.95. The summed E-state index contributed by atoms with van der Waals surface area (Å²) >= 11 is 0. The third kappa shape index (κ3) is 15.0. The summed E-state index contributed by atoms with van der Waals surface area (Å²) < 4.78 is 6.20. The number of allylic oxidation sites excluding steroid dienone is 1. The van der Waals surface area contributed by atoms with Gasteiger partial charge >= 0.3 is 5.97 Å². The number of hydrogen-bond acceptors (Lipinski definition) is 10. The van der Waals surface area contributed by atoms with Crippen molar-refractivity contribution < 1.29 is 28.7 Å². The average Bonchev–Trinajstić information content (AvgIpc) is 3.94. The number of aromatic nitrogens is 1. The number of primary amides is 1. The van der Waals surface area contributed by atoms with E-state index in [0.29, 0.717) is 82.3 Å². The maximum atomic E-state index is 14.4. The molecule has 3 fully saturated rings. The Morgan fingerprint density at radius 3 is 2.03 bits per heavy atom. The van der Waals surface area contributed by atoms with Crippen molar-refractivity contribution in [2.75, 3.05) is 26.2 Å². The van der Waals surface area contributed by atoms with E-state index in [1.807, 2.05) is 24.3 Å². The van der Waals surface area contributed by atoms with Crippen LogP contribution in [0.15, 0.2) is 42.1 Å². The molecule has 15 nitrogen and oxygen atoms in total. The lowest BCUT2D eigenvalue weighted by atomic mass is 9.47. The van der Waals surface area contributed by atoms with Gasteiger partial charge in [-0.1, -0.05) is 90.2 Å². The van der Waals surface area contributed by atoms with Gasteiger partial charge in [-0.15, -0.1) is 0 Å². The maximum absolute atomic E-state index is 14.4. The molecule has 3 saturated carbocycles. The molecule has 0 saturated heterocycles. The number of amides is 4. The summed E-state index contributed by atoms with van der Waals surface area (Å²) in [4.78, 5) is 72.0. The largest absolute Gasteiger partial charge is 0.461 e. The molecular weight excluding hydrogens is 919 g/mol. The van der Waals surface area contributed by atoms with Crippen molar-refractivity contribution in [3.8, 4) is 0 Å². The highest BCUT2D eigenvalue weighted by molar-refractivity contribution is 5.95. The topological polar surface area (TPSA) is 263 Å². The Labute approximate surface area is 436 Å². The molecule has 15 heteroatoms. The fraction of sp³-hybridized carbons (Fsp3) is 0.741. The normalized spacial score (nSPS) is 26.6. The third-order valence-electron chi connectivity index (χ3n) is 18.2. The van der Waals surface area contributed by atoms with Gasteiger partial charge in [0.1, 0.15) is 24.2 Å². The Balaban J connectivity index is 1.08. The molecule has 13 N–H and O–H groups in total. The van der Waals surface area contributed by atoms with E-state index in [9.17, 15) is 24.0 Å². The minimum absolute atomic E-state index is 0.0991. The predicted molar refractivity (Wildman–Crippen MR) is 290 cm³/mol. The highest BCUT2D eigenvalue weighted by Crippen LogP contribution is 2.67. The van der Waals surface area contributed by atoms with E-state index >= 15 is 0 Å². The van der Waals surface area contributed by atoms with E-state index in [4.69, 9.17) is 27.7 Å². The van der Waals surface area contributed by atoms with E-state index in [0.717, 1.165) is 71.7 Å². The molecule has 0 spiro atoms. The van der Waals surface area contributed by atoms with Crippen LogP contribution < -0.4 is 44.2 Å². The summed E-state index contributed by atoms with van der Waals surface area (Å²) in [6.45, 7) is 13.5. The molecule has 2 aromatic rings. The first-order valence-corrected chi connectivity index (χ1v) is 28.5. The lowest BCUT2D eigenvalue weighted by molar-refractivity contribution is -0.150. The molecule has 408 valence electrons. The van der Waals surface area contributed by atoms with Crippen molar-refractivity contribution in [2.24, 2.45) is 69.3 Å². The molecule has 1 heterocycles. The number of hydrogen-bond donors (Lipinski definition) is 9. The Bertz CT molecular complexity index is 2160. The number of aromatic amines is 1. The first kappa shape index (κ1) is 58.0. The van der Waals surface area contributed by atoms with Crippen LogP contribution in [0.5, 0.6) is 0 Å². The maximum Gasteiger partial charge on any atom is 0.320 e. The van der Waals surface area contributed by atoms with Crippen LogP contribution in [0.3, 0.4) is 0 Å². The number of para-hydroxylation sites is 1. The summed E-state index contributed by atoms with van der Waals surface area (Å²) in [7, 11) is 0. The highest BCUT2D eigenvalue weighted by atomic mass is 16.5.